The molecule has 18 heteroatoms. The monoisotopic (exact) mass is 902 g/mol. The first-order valence-electron chi connectivity index (χ1n) is 20.5. The molecular formula is C45H54N6O10S2. The quantitative estimate of drug-likeness (QED) is 0.122. The number of methoxy groups -OCH3 is 2. The first-order valence-corrected chi connectivity index (χ1v) is 23.5. The van der Waals surface area contributed by atoms with Crippen LogP contribution in [0.15, 0.2) is 104 Å². The molecule has 0 unspecified atom stereocenters. The molecular weight excluding hydrogens is 849 g/mol. The molecule has 4 aromatic carbocycles. The minimum atomic E-state index is -3.91. The number of furan rings is 2. The van der Waals surface area contributed by atoms with Crippen molar-refractivity contribution in [3.63, 3.8) is 0 Å². The number of benzene rings is 4. The Kier molecular flexibility index (Phi) is 13.1. The summed E-state index contributed by atoms with van der Waals surface area (Å²) in [6.07, 6.45) is 2.86. The molecule has 4 heterocycles. The zero-order valence-electron chi connectivity index (χ0n) is 36.5. The van der Waals surface area contributed by atoms with Crippen molar-refractivity contribution >= 4 is 70.8 Å². The van der Waals surface area contributed by atoms with E-state index in [9.17, 15) is 21.6 Å². The minimum absolute atomic E-state index is 0.0693. The maximum Gasteiger partial charge on any atom is 0.410 e. The van der Waals surface area contributed by atoms with Crippen molar-refractivity contribution in [1.82, 2.24) is 10.2 Å². The van der Waals surface area contributed by atoms with Crippen molar-refractivity contribution in [3.8, 4) is 11.5 Å². The first-order chi connectivity index (χ1) is 29.9. The highest BCUT2D eigenvalue weighted by atomic mass is 32.2. The van der Waals surface area contributed by atoms with Crippen LogP contribution in [0.1, 0.15) is 31.9 Å². The molecule has 16 nitrogen and oxygen atoms in total. The summed E-state index contributed by atoms with van der Waals surface area (Å²) in [5, 5.41) is 4.94. The van der Waals surface area contributed by atoms with Crippen LogP contribution >= 0.6 is 0 Å². The average molecular weight is 903 g/mol. The van der Waals surface area contributed by atoms with Crippen LogP contribution in [0.2, 0.25) is 0 Å². The molecule has 2 fully saturated rings. The Bertz CT molecular complexity index is 2820. The number of hydrogen-bond acceptors (Lipinski definition) is 13. The molecule has 2 aliphatic rings. The molecule has 0 aliphatic carbocycles. The molecule has 0 bridgehead atoms. The van der Waals surface area contributed by atoms with Crippen LogP contribution in [-0.4, -0.2) is 100 Å². The molecule has 0 saturated carbocycles. The molecule has 0 atom stereocenters. The number of hydrogen-bond donors (Lipinski definition) is 3. The van der Waals surface area contributed by atoms with Gasteiger partial charge < -0.3 is 43.1 Å². The van der Waals surface area contributed by atoms with E-state index in [4.69, 9.17) is 23.0 Å². The highest BCUT2D eigenvalue weighted by Gasteiger charge is 2.29. The van der Waals surface area contributed by atoms with Crippen molar-refractivity contribution in [1.29, 1.82) is 0 Å². The topological polar surface area (TPSA) is 185 Å². The number of nitrogens with zero attached hydrogens (tertiary/aromatic N) is 3. The molecule has 0 spiro atoms. The Morgan fingerprint density at radius 1 is 0.635 bits per heavy atom. The predicted octanol–water partition coefficient (Wildman–Crippen LogP) is 7.57. The van der Waals surface area contributed by atoms with Crippen LogP contribution in [-0.2, 0) is 24.8 Å². The van der Waals surface area contributed by atoms with E-state index in [1.165, 1.54) is 14.2 Å². The van der Waals surface area contributed by atoms with Crippen LogP contribution in [0.3, 0.4) is 0 Å². The van der Waals surface area contributed by atoms with Crippen molar-refractivity contribution < 1.29 is 44.7 Å². The third-order valence-electron chi connectivity index (χ3n) is 10.5. The maximum absolute atomic E-state index is 13.2. The van der Waals surface area contributed by atoms with Gasteiger partial charge in [-0.05, 0) is 106 Å². The number of nitrogens with one attached hydrogen (secondary N) is 3. The average Bonchev–Trinajstić information content (AvgIpc) is 3.93. The number of carbonyl (C=O) groups excluding carboxylic acids is 1. The van der Waals surface area contributed by atoms with Gasteiger partial charge in [0.2, 0.25) is 0 Å². The number of amides is 1. The molecule has 1 amide bonds. The summed E-state index contributed by atoms with van der Waals surface area (Å²) < 4.78 is 85.4. The predicted molar refractivity (Wildman–Crippen MR) is 245 cm³/mol. The molecule has 3 N–H and O–H groups in total. The molecule has 63 heavy (non-hydrogen) atoms. The van der Waals surface area contributed by atoms with Crippen LogP contribution in [0.4, 0.5) is 27.5 Å². The molecule has 2 aliphatic heterocycles. The number of fused-ring (bicyclic) bond motifs is 2. The largest absolute Gasteiger partial charge is 0.495 e. The molecule has 8 rings (SSSR count). The summed E-state index contributed by atoms with van der Waals surface area (Å²) in [5.41, 5.74) is 5.05. The van der Waals surface area contributed by atoms with Crippen molar-refractivity contribution in [2.75, 3.05) is 85.8 Å². The van der Waals surface area contributed by atoms with Gasteiger partial charge in [0, 0.05) is 63.1 Å². The summed E-state index contributed by atoms with van der Waals surface area (Å²) in [7, 11) is -4.82. The Hall–Kier alpha value is -6.11. The van der Waals surface area contributed by atoms with Crippen molar-refractivity contribution in [2.24, 2.45) is 0 Å². The van der Waals surface area contributed by atoms with Gasteiger partial charge in [0.05, 0.1) is 49.5 Å². The van der Waals surface area contributed by atoms with E-state index >= 15 is 0 Å². The Morgan fingerprint density at radius 3 is 1.51 bits per heavy atom. The molecule has 2 aromatic heterocycles. The second kappa shape index (κ2) is 18.3. The highest BCUT2D eigenvalue weighted by Crippen LogP contribution is 2.36. The van der Waals surface area contributed by atoms with Crippen LogP contribution in [0, 0.1) is 13.8 Å². The zero-order chi connectivity index (χ0) is 45.1. The van der Waals surface area contributed by atoms with E-state index < -0.39 is 25.6 Å². The van der Waals surface area contributed by atoms with Gasteiger partial charge in [-0.15, -0.1) is 0 Å². The Labute approximate surface area is 368 Å². The summed E-state index contributed by atoms with van der Waals surface area (Å²) in [4.78, 5) is 18.6. The zero-order valence-corrected chi connectivity index (χ0v) is 38.1. The fourth-order valence-corrected chi connectivity index (χ4v) is 10.1. The minimum Gasteiger partial charge on any atom is -0.495 e. The van der Waals surface area contributed by atoms with Crippen LogP contribution < -0.4 is 34.0 Å². The van der Waals surface area contributed by atoms with Crippen molar-refractivity contribution in [2.45, 2.75) is 50.0 Å². The summed E-state index contributed by atoms with van der Waals surface area (Å²) in [5.74, 6) is 0.579. The number of anilines is 4. The summed E-state index contributed by atoms with van der Waals surface area (Å²) >= 11 is 0. The smallest absolute Gasteiger partial charge is 0.410 e. The van der Waals surface area contributed by atoms with Gasteiger partial charge >= 0.3 is 6.09 Å². The lowest BCUT2D eigenvalue weighted by molar-refractivity contribution is 0.0240. The second-order valence-electron chi connectivity index (χ2n) is 16.4. The summed E-state index contributed by atoms with van der Waals surface area (Å²) in [6, 6.07) is 20.8. The Balaban J connectivity index is 0.000000193. The fourth-order valence-electron chi connectivity index (χ4n) is 7.48. The third-order valence-corrected chi connectivity index (χ3v) is 13.3. The van der Waals surface area contributed by atoms with E-state index in [1.807, 2.05) is 52.8 Å². The lowest BCUT2D eigenvalue weighted by atomic mass is 10.1. The number of sulfonamides is 2. The van der Waals surface area contributed by atoms with E-state index in [1.54, 1.807) is 72.0 Å². The van der Waals surface area contributed by atoms with E-state index in [2.05, 4.69) is 24.6 Å². The number of rotatable bonds is 10. The second-order valence-corrected chi connectivity index (χ2v) is 19.7. The summed E-state index contributed by atoms with van der Waals surface area (Å²) in [6.45, 7) is 14.7. The number of carbonyl (C=O) groups is 1. The van der Waals surface area contributed by atoms with Gasteiger partial charge in [-0.1, -0.05) is 12.1 Å². The van der Waals surface area contributed by atoms with Crippen molar-refractivity contribution in [3.05, 3.63) is 96.4 Å². The Morgan fingerprint density at radius 2 is 1.08 bits per heavy atom. The van der Waals surface area contributed by atoms with Gasteiger partial charge in [-0.3, -0.25) is 9.44 Å². The van der Waals surface area contributed by atoms with E-state index in [0.717, 1.165) is 65.0 Å². The number of piperazine rings is 2. The molecule has 6 aromatic rings. The molecule has 336 valence electrons. The standard InChI is InChI=1S/C25H31N3O6S.C20H23N3O4S/c1-17-6-7-21(32-5)22(14-17)35(30,31)26-19-15-18-8-13-33-23(18)20(16-19)27-9-11-28(12-10-27)24(29)34-25(2,3)4;1-14-3-4-18(26-2)19(11-14)28(24,25)22-16-12-15-5-10-27-20(15)17(13-16)23-8-6-21-7-9-23/h6-8,13-16,26H,9-12H2,1-5H3;3-5,10-13,21-22H,6-9H2,1-2H3. The number of aryl methyl sites for hydroxylation is 2. The molecule has 0 radical (unpaired) electrons. The van der Waals surface area contributed by atoms with Gasteiger partial charge in [0.25, 0.3) is 20.0 Å². The molecule has 2 saturated heterocycles. The fraction of sp³-hybridized carbons (Fsp3) is 0.356. The SMILES string of the molecule is COc1ccc(C)cc1S(=O)(=O)Nc1cc(N2CCN(C(=O)OC(C)(C)C)CC2)c2occc2c1.COc1ccc(C)cc1S(=O)(=O)Nc1cc(N2CCNCC2)c2occc2c1. The van der Waals surface area contributed by atoms with Gasteiger partial charge in [-0.25, -0.2) is 21.6 Å². The lowest BCUT2D eigenvalue weighted by Crippen LogP contribution is -2.50. The van der Waals surface area contributed by atoms with E-state index in [0.29, 0.717) is 48.9 Å². The lowest BCUT2D eigenvalue weighted by Gasteiger charge is -2.36. The van der Waals surface area contributed by atoms with Gasteiger partial charge in [-0.2, -0.15) is 0 Å². The first kappa shape index (κ1) is 44.9. The van der Waals surface area contributed by atoms with Crippen LogP contribution in [0.5, 0.6) is 11.5 Å². The van der Waals surface area contributed by atoms with Gasteiger partial charge in [0.1, 0.15) is 26.9 Å². The van der Waals surface area contributed by atoms with Crippen LogP contribution in [0.25, 0.3) is 21.9 Å². The third kappa shape index (κ3) is 10.4. The maximum atomic E-state index is 13.2. The van der Waals surface area contributed by atoms with Gasteiger partial charge in [0.15, 0.2) is 11.2 Å². The number of ether oxygens (including phenoxy) is 3. The van der Waals surface area contributed by atoms with E-state index in [-0.39, 0.29) is 21.6 Å². The highest BCUT2D eigenvalue weighted by molar-refractivity contribution is 7.93. The normalized spacial score (nSPS) is 14.9.